The minimum atomic E-state index is -0.422. The average molecular weight is 317 g/mol. The molecule has 0 aromatic heterocycles. The van der Waals surface area contributed by atoms with Crippen molar-refractivity contribution in [3.05, 3.63) is 29.8 Å². The summed E-state index contributed by atoms with van der Waals surface area (Å²) in [5, 5.41) is 3.14. The molecule has 1 heterocycles. The number of hydrogen-bond donors (Lipinski definition) is 2. The molecule has 0 bridgehead atoms. The highest BCUT2D eigenvalue weighted by atomic mass is 16.2. The molecule has 2 atom stereocenters. The predicted octanol–water partition coefficient (Wildman–Crippen LogP) is 2.16. The van der Waals surface area contributed by atoms with Crippen LogP contribution in [0.25, 0.3) is 0 Å². The predicted molar refractivity (Wildman–Crippen MR) is 92.3 cm³/mol. The Morgan fingerprint density at radius 3 is 2.57 bits per heavy atom. The van der Waals surface area contributed by atoms with E-state index in [1.54, 1.807) is 6.07 Å². The van der Waals surface area contributed by atoms with Gasteiger partial charge in [-0.3, -0.25) is 9.59 Å². The third-order valence-electron chi connectivity index (χ3n) is 4.74. The molecular formula is C18H27N3O2. The summed E-state index contributed by atoms with van der Waals surface area (Å²) in [5.74, 6) is -0.378. The van der Waals surface area contributed by atoms with E-state index in [0.29, 0.717) is 12.1 Å². The van der Waals surface area contributed by atoms with Gasteiger partial charge in [-0.15, -0.1) is 0 Å². The second kappa shape index (κ2) is 6.60. The first-order chi connectivity index (χ1) is 10.7. The van der Waals surface area contributed by atoms with Gasteiger partial charge in [-0.25, -0.2) is 0 Å². The zero-order valence-electron chi connectivity index (χ0n) is 14.4. The largest absolute Gasteiger partial charge is 0.369 e. The van der Waals surface area contributed by atoms with Crippen molar-refractivity contribution in [3.8, 4) is 0 Å². The van der Waals surface area contributed by atoms with Crippen LogP contribution in [0.15, 0.2) is 24.3 Å². The van der Waals surface area contributed by atoms with E-state index in [0.717, 1.165) is 18.7 Å². The van der Waals surface area contributed by atoms with Gasteiger partial charge < -0.3 is 16.0 Å². The number of para-hydroxylation sites is 1. The zero-order chi connectivity index (χ0) is 17.2. The quantitative estimate of drug-likeness (QED) is 0.893. The van der Waals surface area contributed by atoms with Crippen LogP contribution in [0.3, 0.4) is 0 Å². The van der Waals surface area contributed by atoms with Gasteiger partial charge in [0.25, 0.3) is 5.91 Å². The van der Waals surface area contributed by atoms with Gasteiger partial charge >= 0.3 is 0 Å². The highest BCUT2D eigenvalue weighted by Gasteiger charge is 2.31. The summed E-state index contributed by atoms with van der Waals surface area (Å²) in [6, 6.07) is 7.46. The normalized spacial score (nSPS) is 19.5. The smallest absolute Gasteiger partial charge is 0.250 e. The lowest BCUT2D eigenvalue weighted by Gasteiger charge is -2.27. The molecule has 2 amide bonds. The molecule has 5 nitrogen and oxygen atoms in total. The summed E-state index contributed by atoms with van der Waals surface area (Å²) >= 11 is 0. The lowest BCUT2D eigenvalue weighted by Crippen LogP contribution is -2.43. The van der Waals surface area contributed by atoms with Crippen LogP contribution in [0.1, 0.15) is 44.5 Å². The third-order valence-corrected chi connectivity index (χ3v) is 4.74. The summed E-state index contributed by atoms with van der Waals surface area (Å²) < 4.78 is 0. The number of benzene rings is 1. The number of amides is 2. The van der Waals surface area contributed by atoms with E-state index < -0.39 is 5.91 Å². The molecular weight excluding hydrogens is 290 g/mol. The number of carbonyl (C=O) groups excluding carboxylic acids is 2. The first kappa shape index (κ1) is 17.3. The molecule has 126 valence electrons. The van der Waals surface area contributed by atoms with Crippen molar-refractivity contribution in [1.29, 1.82) is 0 Å². The Hall–Kier alpha value is -2.04. The van der Waals surface area contributed by atoms with Crippen LogP contribution in [0.2, 0.25) is 0 Å². The fraction of sp³-hybridized carbons (Fsp3) is 0.556. The molecule has 0 radical (unpaired) electrons. The Labute approximate surface area is 138 Å². The van der Waals surface area contributed by atoms with Crippen molar-refractivity contribution in [2.45, 2.75) is 40.2 Å². The fourth-order valence-corrected chi connectivity index (χ4v) is 2.77. The SMILES string of the molecule is C[C@H](C(=O)N[C@H]1CCN(c2ccccc2C(N)=O)C1)C(C)(C)C. The molecule has 0 saturated carbocycles. The minimum Gasteiger partial charge on any atom is -0.369 e. The van der Waals surface area contributed by atoms with Crippen LogP contribution < -0.4 is 16.0 Å². The van der Waals surface area contributed by atoms with Gasteiger partial charge in [-0.1, -0.05) is 39.8 Å². The number of primary amides is 1. The Morgan fingerprint density at radius 1 is 1.30 bits per heavy atom. The van der Waals surface area contributed by atoms with E-state index in [2.05, 4.69) is 31.0 Å². The van der Waals surface area contributed by atoms with Gasteiger partial charge in [-0.2, -0.15) is 0 Å². The molecule has 2 rings (SSSR count). The summed E-state index contributed by atoms with van der Waals surface area (Å²) in [7, 11) is 0. The Balaban J connectivity index is 2.02. The van der Waals surface area contributed by atoms with Crippen molar-refractivity contribution in [2.75, 3.05) is 18.0 Å². The van der Waals surface area contributed by atoms with E-state index in [1.165, 1.54) is 0 Å². The van der Waals surface area contributed by atoms with E-state index in [4.69, 9.17) is 5.73 Å². The maximum atomic E-state index is 12.4. The first-order valence-corrected chi connectivity index (χ1v) is 8.14. The fourth-order valence-electron chi connectivity index (χ4n) is 2.77. The van der Waals surface area contributed by atoms with E-state index in [1.807, 2.05) is 25.1 Å². The van der Waals surface area contributed by atoms with Gasteiger partial charge in [0.15, 0.2) is 0 Å². The lowest BCUT2D eigenvalue weighted by molar-refractivity contribution is -0.128. The number of rotatable bonds is 4. The molecule has 1 aromatic rings. The molecule has 1 aliphatic heterocycles. The summed E-state index contributed by atoms with van der Waals surface area (Å²) in [6.07, 6.45) is 0.871. The summed E-state index contributed by atoms with van der Waals surface area (Å²) in [6.45, 7) is 9.68. The number of nitrogens with one attached hydrogen (secondary N) is 1. The van der Waals surface area contributed by atoms with E-state index in [-0.39, 0.29) is 23.3 Å². The van der Waals surface area contributed by atoms with Crippen molar-refractivity contribution >= 4 is 17.5 Å². The van der Waals surface area contributed by atoms with Crippen LogP contribution in [-0.4, -0.2) is 30.9 Å². The molecule has 1 fully saturated rings. The first-order valence-electron chi connectivity index (χ1n) is 8.14. The molecule has 0 aliphatic carbocycles. The monoisotopic (exact) mass is 317 g/mol. The van der Waals surface area contributed by atoms with Crippen molar-refractivity contribution in [3.63, 3.8) is 0 Å². The van der Waals surface area contributed by atoms with Crippen molar-refractivity contribution in [2.24, 2.45) is 17.1 Å². The van der Waals surface area contributed by atoms with Crippen molar-refractivity contribution < 1.29 is 9.59 Å². The Bertz CT molecular complexity index is 592. The van der Waals surface area contributed by atoms with Crippen molar-refractivity contribution in [1.82, 2.24) is 5.32 Å². The minimum absolute atomic E-state index is 0.0468. The topological polar surface area (TPSA) is 75.4 Å². The van der Waals surface area contributed by atoms with Crippen LogP contribution in [-0.2, 0) is 4.79 Å². The van der Waals surface area contributed by atoms with Gasteiger partial charge in [0.2, 0.25) is 5.91 Å². The molecule has 0 unspecified atom stereocenters. The molecule has 23 heavy (non-hydrogen) atoms. The Morgan fingerprint density at radius 2 is 1.96 bits per heavy atom. The van der Waals surface area contributed by atoms with Crippen LogP contribution in [0, 0.1) is 11.3 Å². The lowest BCUT2D eigenvalue weighted by atomic mass is 9.81. The molecule has 1 aromatic carbocycles. The standard InChI is InChI=1S/C18H27N3O2/c1-12(18(2,3)4)17(23)20-13-9-10-21(11-13)15-8-6-5-7-14(15)16(19)22/h5-8,12-13H,9-11H2,1-4H3,(H2,19,22)(H,20,23)/t12-,13+/m1/s1. The second-order valence-electron chi connectivity index (χ2n) is 7.41. The third kappa shape index (κ3) is 4.03. The molecule has 0 spiro atoms. The molecule has 3 N–H and O–H groups in total. The number of hydrogen-bond acceptors (Lipinski definition) is 3. The maximum Gasteiger partial charge on any atom is 0.250 e. The van der Waals surface area contributed by atoms with Gasteiger partial charge in [-0.05, 0) is 24.0 Å². The number of nitrogens with two attached hydrogens (primary N) is 1. The highest BCUT2D eigenvalue weighted by molar-refractivity contribution is 5.98. The van der Waals surface area contributed by atoms with Crippen LogP contribution in [0.4, 0.5) is 5.69 Å². The average Bonchev–Trinajstić information content (AvgIpc) is 2.93. The Kier molecular flexibility index (Phi) is 4.97. The number of carbonyl (C=O) groups is 2. The second-order valence-corrected chi connectivity index (χ2v) is 7.41. The summed E-state index contributed by atoms with van der Waals surface area (Å²) in [5.41, 5.74) is 6.77. The zero-order valence-corrected chi connectivity index (χ0v) is 14.4. The summed E-state index contributed by atoms with van der Waals surface area (Å²) in [4.78, 5) is 26.0. The van der Waals surface area contributed by atoms with E-state index in [9.17, 15) is 9.59 Å². The maximum absolute atomic E-state index is 12.4. The van der Waals surface area contributed by atoms with Crippen LogP contribution >= 0.6 is 0 Å². The van der Waals surface area contributed by atoms with Crippen LogP contribution in [0.5, 0.6) is 0 Å². The number of nitrogens with zero attached hydrogens (tertiary/aromatic N) is 1. The highest BCUT2D eigenvalue weighted by Crippen LogP contribution is 2.27. The molecule has 5 heteroatoms. The van der Waals surface area contributed by atoms with Gasteiger partial charge in [0.1, 0.15) is 0 Å². The van der Waals surface area contributed by atoms with E-state index >= 15 is 0 Å². The molecule has 1 saturated heterocycles. The molecule has 1 aliphatic rings. The van der Waals surface area contributed by atoms with Gasteiger partial charge in [0.05, 0.1) is 5.56 Å². The number of anilines is 1. The van der Waals surface area contributed by atoms with Gasteiger partial charge in [0, 0.05) is 30.7 Å².